The minimum absolute atomic E-state index is 0.0464. The van der Waals surface area contributed by atoms with E-state index in [9.17, 15) is 0 Å². The van der Waals surface area contributed by atoms with Gasteiger partial charge in [0.1, 0.15) is 0 Å². The molecule has 1 N–H and O–H groups in total. The smallest absolute Gasteiger partial charge is 0.166 e. The fourth-order valence-electron chi connectivity index (χ4n) is 2.78. The number of rotatable bonds is 8. The highest BCUT2D eigenvalue weighted by atomic mass is 16.5. The van der Waals surface area contributed by atoms with Crippen molar-refractivity contribution in [1.82, 2.24) is 5.32 Å². The van der Waals surface area contributed by atoms with Crippen LogP contribution in [-0.4, -0.2) is 47.6 Å². The average molecular weight is 295 g/mol. The topological polar surface area (TPSA) is 49.0 Å². The van der Waals surface area contributed by atoms with Gasteiger partial charge in [0.25, 0.3) is 0 Å². The zero-order chi connectivity index (χ0) is 15.1. The van der Waals surface area contributed by atoms with E-state index >= 15 is 0 Å². The van der Waals surface area contributed by atoms with Crippen molar-refractivity contribution in [2.45, 2.75) is 12.5 Å². The van der Waals surface area contributed by atoms with Crippen LogP contribution in [0.15, 0.2) is 18.2 Å². The van der Waals surface area contributed by atoms with Gasteiger partial charge in [-0.3, -0.25) is 0 Å². The van der Waals surface area contributed by atoms with Crippen molar-refractivity contribution < 1.29 is 18.9 Å². The summed E-state index contributed by atoms with van der Waals surface area (Å²) >= 11 is 0. The Morgan fingerprint density at radius 1 is 1.24 bits per heavy atom. The van der Waals surface area contributed by atoms with Crippen molar-refractivity contribution in [3.63, 3.8) is 0 Å². The molecule has 0 radical (unpaired) electrons. The molecule has 5 heteroatoms. The monoisotopic (exact) mass is 295 g/mol. The number of benzene rings is 1. The maximum Gasteiger partial charge on any atom is 0.166 e. The highest BCUT2D eigenvalue weighted by Gasteiger charge is 2.32. The molecule has 1 fully saturated rings. The van der Waals surface area contributed by atoms with Crippen LogP contribution < -0.4 is 14.8 Å². The van der Waals surface area contributed by atoms with Crippen molar-refractivity contribution in [2.75, 3.05) is 47.6 Å². The SMILES string of the molecule is COCCNCC1CCOC1c1cccc(OC)c1OC. The fourth-order valence-corrected chi connectivity index (χ4v) is 2.78. The van der Waals surface area contributed by atoms with Crippen LogP contribution in [0.25, 0.3) is 0 Å². The van der Waals surface area contributed by atoms with Gasteiger partial charge in [-0.1, -0.05) is 12.1 Å². The quantitative estimate of drug-likeness (QED) is 0.744. The summed E-state index contributed by atoms with van der Waals surface area (Å²) in [4.78, 5) is 0. The lowest BCUT2D eigenvalue weighted by Gasteiger charge is -2.22. The summed E-state index contributed by atoms with van der Waals surface area (Å²) in [5.41, 5.74) is 1.06. The van der Waals surface area contributed by atoms with Crippen LogP contribution in [0.4, 0.5) is 0 Å². The van der Waals surface area contributed by atoms with Crippen molar-refractivity contribution in [2.24, 2.45) is 5.92 Å². The third-order valence-electron chi connectivity index (χ3n) is 3.84. The van der Waals surface area contributed by atoms with E-state index in [2.05, 4.69) is 11.4 Å². The Labute approximate surface area is 126 Å². The summed E-state index contributed by atoms with van der Waals surface area (Å²) in [7, 11) is 5.04. The Bertz CT molecular complexity index is 438. The Hall–Kier alpha value is -1.30. The second kappa shape index (κ2) is 8.22. The molecular weight excluding hydrogens is 270 g/mol. The maximum absolute atomic E-state index is 5.94. The largest absolute Gasteiger partial charge is 0.493 e. The van der Waals surface area contributed by atoms with Crippen LogP contribution in [0.3, 0.4) is 0 Å². The molecule has 0 bridgehead atoms. The molecule has 0 spiro atoms. The van der Waals surface area contributed by atoms with Crippen molar-refractivity contribution in [3.8, 4) is 11.5 Å². The number of hydrogen-bond acceptors (Lipinski definition) is 5. The van der Waals surface area contributed by atoms with E-state index in [4.69, 9.17) is 18.9 Å². The third-order valence-corrected chi connectivity index (χ3v) is 3.84. The first-order valence-electron chi connectivity index (χ1n) is 7.34. The lowest BCUT2D eigenvalue weighted by molar-refractivity contribution is 0.0872. The molecule has 1 saturated heterocycles. The summed E-state index contributed by atoms with van der Waals surface area (Å²) in [5, 5.41) is 3.42. The fraction of sp³-hybridized carbons (Fsp3) is 0.625. The lowest BCUT2D eigenvalue weighted by atomic mass is 9.94. The molecular formula is C16H25NO4. The van der Waals surface area contributed by atoms with E-state index in [1.54, 1.807) is 21.3 Å². The number of methoxy groups -OCH3 is 3. The van der Waals surface area contributed by atoms with Gasteiger partial charge in [0.2, 0.25) is 0 Å². The zero-order valence-electron chi connectivity index (χ0n) is 13.1. The molecule has 2 unspecified atom stereocenters. The molecule has 21 heavy (non-hydrogen) atoms. The van der Waals surface area contributed by atoms with Crippen LogP contribution in [0.2, 0.25) is 0 Å². The predicted molar refractivity (Wildman–Crippen MR) is 81.1 cm³/mol. The Morgan fingerprint density at radius 3 is 2.81 bits per heavy atom. The first-order valence-corrected chi connectivity index (χ1v) is 7.34. The molecule has 1 aliphatic heterocycles. The van der Waals surface area contributed by atoms with E-state index < -0.39 is 0 Å². The third kappa shape index (κ3) is 3.87. The normalized spacial score (nSPS) is 21.5. The van der Waals surface area contributed by atoms with Crippen molar-refractivity contribution in [1.29, 1.82) is 0 Å². The molecule has 0 aromatic heterocycles. The second-order valence-electron chi connectivity index (χ2n) is 5.12. The summed E-state index contributed by atoms with van der Waals surface area (Å²) in [6.07, 6.45) is 1.09. The standard InChI is InChI=1S/C16H25NO4/c1-18-10-8-17-11-12-7-9-21-15(12)13-5-4-6-14(19-2)16(13)20-3/h4-6,12,15,17H,7-11H2,1-3H3. The average Bonchev–Trinajstić information content (AvgIpc) is 2.98. The summed E-state index contributed by atoms with van der Waals surface area (Å²) in [6.45, 7) is 3.27. The molecule has 0 aliphatic carbocycles. The molecule has 0 amide bonds. The highest BCUT2D eigenvalue weighted by molar-refractivity contribution is 5.48. The van der Waals surface area contributed by atoms with Gasteiger partial charge in [-0.2, -0.15) is 0 Å². The van der Waals surface area contributed by atoms with E-state index in [1.165, 1.54) is 0 Å². The van der Waals surface area contributed by atoms with Gasteiger partial charge >= 0.3 is 0 Å². The molecule has 1 aromatic carbocycles. The summed E-state index contributed by atoms with van der Waals surface area (Å²) in [5.74, 6) is 1.95. The Balaban J connectivity index is 2.08. The molecule has 5 nitrogen and oxygen atoms in total. The molecule has 2 rings (SSSR count). The van der Waals surface area contributed by atoms with Crippen LogP contribution in [0, 0.1) is 5.92 Å². The van der Waals surface area contributed by atoms with E-state index in [-0.39, 0.29) is 6.10 Å². The lowest BCUT2D eigenvalue weighted by Crippen LogP contribution is -2.27. The Morgan fingerprint density at radius 2 is 2.10 bits per heavy atom. The molecule has 118 valence electrons. The molecule has 1 heterocycles. The number of ether oxygens (including phenoxy) is 4. The number of para-hydroxylation sites is 1. The molecule has 2 atom stereocenters. The van der Waals surface area contributed by atoms with Gasteiger partial charge in [0, 0.05) is 38.3 Å². The van der Waals surface area contributed by atoms with Gasteiger partial charge in [-0.15, -0.1) is 0 Å². The molecule has 1 aliphatic rings. The van der Waals surface area contributed by atoms with Gasteiger partial charge in [0.05, 0.1) is 26.9 Å². The van der Waals surface area contributed by atoms with Crippen LogP contribution in [0.1, 0.15) is 18.1 Å². The van der Waals surface area contributed by atoms with Gasteiger partial charge < -0.3 is 24.3 Å². The van der Waals surface area contributed by atoms with Gasteiger partial charge in [-0.25, -0.2) is 0 Å². The van der Waals surface area contributed by atoms with Crippen molar-refractivity contribution in [3.05, 3.63) is 23.8 Å². The highest BCUT2D eigenvalue weighted by Crippen LogP contribution is 2.42. The van der Waals surface area contributed by atoms with Gasteiger partial charge in [-0.05, 0) is 12.5 Å². The number of hydrogen-bond donors (Lipinski definition) is 1. The Kier molecular flexibility index (Phi) is 6.29. The minimum atomic E-state index is 0.0464. The van der Waals surface area contributed by atoms with Crippen LogP contribution >= 0.6 is 0 Å². The zero-order valence-corrected chi connectivity index (χ0v) is 13.1. The van der Waals surface area contributed by atoms with E-state index in [0.29, 0.717) is 5.92 Å². The van der Waals surface area contributed by atoms with Gasteiger partial charge in [0.15, 0.2) is 11.5 Å². The van der Waals surface area contributed by atoms with Crippen LogP contribution in [-0.2, 0) is 9.47 Å². The van der Waals surface area contributed by atoms with E-state index in [0.717, 1.165) is 49.8 Å². The number of nitrogens with one attached hydrogen (secondary N) is 1. The second-order valence-corrected chi connectivity index (χ2v) is 5.12. The summed E-state index contributed by atoms with van der Waals surface area (Å²) < 4.78 is 21.9. The molecule has 1 aromatic rings. The predicted octanol–water partition coefficient (Wildman–Crippen LogP) is 2.02. The van der Waals surface area contributed by atoms with E-state index in [1.807, 2.05) is 12.1 Å². The first-order chi connectivity index (χ1) is 10.3. The van der Waals surface area contributed by atoms with Crippen LogP contribution in [0.5, 0.6) is 11.5 Å². The van der Waals surface area contributed by atoms with Crippen molar-refractivity contribution >= 4 is 0 Å². The molecule has 0 saturated carbocycles. The summed E-state index contributed by atoms with van der Waals surface area (Å²) in [6, 6.07) is 5.94. The first kappa shape index (κ1) is 16.1. The maximum atomic E-state index is 5.94. The minimum Gasteiger partial charge on any atom is -0.493 e.